The molecule has 3 rings (SSSR count). The molecule has 2 aromatic rings. The number of rotatable bonds is 3. The van der Waals surface area contributed by atoms with Gasteiger partial charge >= 0.3 is 5.97 Å². The predicted octanol–water partition coefficient (Wildman–Crippen LogP) is 3.62. The van der Waals surface area contributed by atoms with Gasteiger partial charge in [0.25, 0.3) is 0 Å². The van der Waals surface area contributed by atoms with Crippen LogP contribution in [0.5, 0.6) is 0 Å². The van der Waals surface area contributed by atoms with Crippen molar-refractivity contribution < 1.29 is 9.90 Å². The van der Waals surface area contributed by atoms with Crippen LogP contribution in [0.4, 0.5) is 0 Å². The number of nitrogens with zero attached hydrogens (tertiary/aromatic N) is 2. The average molecular weight is 284 g/mol. The van der Waals surface area contributed by atoms with Gasteiger partial charge in [0.1, 0.15) is 0 Å². The first-order chi connectivity index (χ1) is 10.3. The van der Waals surface area contributed by atoms with Gasteiger partial charge in [-0.3, -0.25) is 4.79 Å². The van der Waals surface area contributed by atoms with Crippen LogP contribution in [-0.2, 0) is 4.79 Å². The van der Waals surface area contributed by atoms with Gasteiger partial charge in [-0.05, 0) is 31.0 Å². The topological polar surface area (TPSA) is 55.1 Å². The van der Waals surface area contributed by atoms with Crippen LogP contribution in [0.1, 0.15) is 43.7 Å². The summed E-state index contributed by atoms with van der Waals surface area (Å²) in [5.41, 5.74) is 2.02. The molecule has 0 bridgehead atoms. The highest BCUT2D eigenvalue weighted by Crippen LogP contribution is 2.37. The molecular weight excluding hydrogens is 264 g/mol. The van der Waals surface area contributed by atoms with Gasteiger partial charge in [0.15, 0.2) is 0 Å². The number of aliphatic carboxylic acids is 1. The molecule has 1 heterocycles. The van der Waals surface area contributed by atoms with Crippen LogP contribution in [0.3, 0.4) is 0 Å². The first-order valence-corrected chi connectivity index (χ1v) is 7.59. The van der Waals surface area contributed by atoms with E-state index in [1.807, 2.05) is 41.1 Å². The van der Waals surface area contributed by atoms with Gasteiger partial charge < -0.3 is 5.11 Å². The number of para-hydroxylation sites is 1. The number of hydrogen-bond donors (Lipinski definition) is 1. The SMILES string of the molecule is O=C(O)C1CCCCCC1c1ccnn1-c1ccccc1. The molecule has 1 aromatic carbocycles. The van der Waals surface area contributed by atoms with Gasteiger partial charge in [0.2, 0.25) is 0 Å². The van der Waals surface area contributed by atoms with E-state index in [1.54, 1.807) is 6.20 Å². The Bertz CT molecular complexity index is 606. The molecule has 1 N–H and O–H groups in total. The number of aromatic nitrogens is 2. The van der Waals surface area contributed by atoms with Crippen molar-refractivity contribution in [1.29, 1.82) is 0 Å². The maximum atomic E-state index is 11.6. The fourth-order valence-electron chi connectivity index (χ4n) is 3.34. The molecule has 2 atom stereocenters. The van der Waals surface area contributed by atoms with Gasteiger partial charge in [-0.25, -0.2) is 4.68 Å². The zero-order valence-electron chi connectivity index (χ0n) is 12.0. The number of carbonyl (C=O) groups is 1. The summed E-state index contributed by atoms with van der Waals surface area (Å²) in [6.45, 7) is 0. The Balaban J connectivity index is 1.99. The first kappa shape index (κ1) is 13.9. The standard InChI is InChI=1S/C17H20N2O2/c20-17(21)15-10-6-2-5-9-14(15)16-11-12-18-19(16)13-7-3-1-4-8-13/h1,3-4,7-8,11-12,14-15H,2,5-6,9-10H2,(H,20,21). The summed E-state index contributed by atoms with van der Waals surface area (Å²) >= 11 is 0. The van der Waals surface area contributed by atoms with Gasteiger partial charge in [-0.1, -0.05) is 37.5 Å². The largest absolute Gasteiger partial charge is 0.481 e. The second-order valence-corrected chi connectivity index (χ2v) is 5.69. The quantitative estimate of drug-likeness (QED) is 0.876. The van der Waals surface area contributed by atoms with Crippen LogP contribution < -0.4 is 0 Å². The molecule has 110 valence electrons. The lowest BCUT2D eigenvalue weighted by Gasteiger charge is -2.22. The van der Waals surface area contributed by atoms with E-state index >= 15 is 0 Å². The molecule has 0 aliphatic heterocycles. The summed E-state index contributed by atoms with van der Waals surface area (Å²) in [5.74, 6) is -0.929. The average Bonchev–Trinajstić information content (AvgIpc) is 2.85. The summed E-state index contributed by atoms with van der Waals surface area (Å²) in [6, 6.07) is 11.9. The lowest BCUT2D eigenvalue weighted by molar-refractivity contribution is -0.142. The van der Waals surface area contributed by atoms with Crippen molar-refractivity contribution in [2.75, 3.05) is 0 Å². The zero-order valence-corrected chi connectivity index (χ0v) is 12.0. The van der Waals surface area contributed by atoms with E-state index in [9.17, 15) is 9.90 Å². The van der Waals surface area contributed by atoms with Gasteiger partial charge in [-0.15, -0.1) is 0 Å². The normalized spacial score (nSPS) is 22.7. The summed E-state index contributed by atoms with van der Waals surface area (Å²) in [6.07, 6.45) is 6.68. The van der Waals surface area contributed by atoms with Crippen LogP contribution in [0.2, 0.25) is 0 Å². The molecule has 1 aliphatic rings. The van der Waals surface area contributed by atoms with E-state index in [0.29, 0.717) is 0 Å². The minimum atomic E-state index is -0.678. The smallest absolute Gasteiger partial charge is 0.307 e. The summed E-state index contributed by atoms with van der Waals surface area (Å²) in [7, 11) is 0. The molecule has 21 heavy (non-hydrogen) atoms. The predicted molar refractivity (Wildman–Crippen MR) is 80.5 cm³/mol. The van der Waals surface area contributed by atoms with Crippen molar-refractivity contribution in [2.24, 2.45) is 5.92 Å². The van der Waals surface area contributed by atoms with Crippen molar-refractivity contribution in [1.82, 2.24) is 9.78 Å². The van der Waals surface area contributed by atoms with E-state index in [2.05, 4.69) is 5.10 Å². The Morgan fingerprint density at radius 2 is 1.86 bits per heavy atom. The van der Waals surface area contributed by atoms with Crippen molar-refractivity contribution in [3.63, 3.8) is 0 Å². The van der Waals surface area contributed by atoms with Crippen molar-refractivity contribution in [3.8, 4) is 5.69 Å². The summed E-state index contributed by atoms with van der Waals surface area (Å²) < 4.78 is 1.89. The van der Waals surface area contributed by atoms with Crippen LogP contribution in [-0.4, -0.2) is 20.9 Å². The van der Waals surface area contributed by atoms with E-state index in [4.69, 9.17) is 0 Å². The lowest BCUT2D eigenvalue weighted by atomic mass is 9.85. The van der Waals surface area contributed by atoms with E-state index in [-0.39, 0.29) is 11.8 Å². The van der Waals surface area contributed by atoms with Gasteiger partial charge in [0.05, 0.1) is 11.6 Å². The van der Waals surface area contributed by atoms with E-state index in [0.717, 1.165) is 43.5 Å². The monoisotopic (exact) mass is 284 g/mol. The Labute approximate surface area is 124 Å². The Morgan fingerprint density at radius 3 is 2.62 bits per heavy atom. The number of hydrogen-bond acceptors (Lipinski definition) is 2. The van der Waals surface area contributed by atoms with Crippen LogP contribution in [0, 0.1) is 5.92 Å². The molecule has 0 saturated heterocycles. The molecule has 4 heteroatoms. The van der Waals surface area contributed by atoms with Crippen molar-refractivity contribution >= 4 is 5.97 Å². The molecular formula is C17H20N2O2. The lowest BCUT2D eigenvalue weighted by Crippen LogP contribution is -2.23. The van der Waals surface area contributed by atoms with E-state index < -0.39 is 5.97 Å². The minimum absolute atomic E-state index is 0.0488. The maximum absolute atomic E-state index is 11.6. The molecule has 4 nitrogen and oxygen atoms in total. The van der Waals surface area contributed by atoms with Gasteiger partial charge in [-0.2, -0.15) is 5.10 Å². The number of benzene rings is 1. The summed E-state index contributed by atoms with van der Waals surface area (Å²) in [4.78, 5) is 11.6. The highest BCUT2D eigenvalue weighted by atomic mass is 16.4. The molecule has 0 spiro atoms. The number of carboxylic acid groups (broad SMARTS) is 1. The first-order valence-electron chi connectivity index (χ1n) is 7.59. The van der Waals surface area contributed by atoms with Crippen LogP contribution >= 0.6 is 0 Å². The van der Waals surface area contributed by atoms with Crippen molar-refractivity contribution in [2.45, 2.75) is 38.0 Å². The Kier molecular flexibility index (Phi) is 4.04. The minimum Gasteiger partial charge on any atom is -0.481 e. The third-order valence-electron chi connectivity index (χ3n) is 4.39. The number of carboxylic acids is 1. The van der Waals surface area contributed by atoms with Crippen LogP contribution in [0.25, 0.3) is 5.69 Å². The molecule has 1 aromatic heterocycles. The highest BCUT2D eigenvalue weighted by Gasteiger charge is 2.32. The second kappa shape index (κ2) is 6.12. The molecule has 1 saturated carbocycles. The highest BCUT2D eigenvalue weighted by molar-refractivity contribution is 5.71. The maximum Gasteiger partial charge on any atom is 0.307 e. The fraction of sp³-hybridized carbons (Fsp3) is 0.412. The zero-order chi connectivity index (χ0) is 14.7. The van der Waals surface area contributed by atoms with Gasteiger partial charge in [0, 0.05) is 17.8 Å². The Hall–Kier alpha value is -2.10. The second-order valence-electron chi connectivity index (χ2n) is 5.69. The third-order valence-corrected chi connectivity index (χ3v) is 4.39. The molecule has 1 fully saturated rings. The summed E-state index contributed by atoms with van der Waals surface area (Å²) in [5, 5.41) is 14.0. The van der Waals surface area contributed by atoms with Crippen LogP contribution in [0.15, 0.2) is 42.6 Å². The van der Waals surface area contributed by atoms with Crippen molar-refractivity contribution in [3.05, 3.63) is 48.3 Å². The van der Waals surface area contributed by atoms with E-state index in [1.165, 1.54) is 0 Å². The Morgan fingerprint density at radius 1 is 1.10 bits per heavy atom. The fourth-order valence-corrected chi connectivity index (χ4v) is 3.34. The third kappa shape index (κ3) is 2.84. The molecule has 0 radical (unpaired) electrons. The molecule has 2 unspecified atom stereocenters. The molecule has 0 amide bonds. The molecule has 1 aliphatic carbocycles.